The SMILES string of the molecule is CN=C(N)NC[C@H](C)CCC[C@H](CCN)CCCCC1O[C-](CCc2ccc(O)c(OC[C@H](O)[C+]3C=C4C(=N3)CC[C@H]3CCC[C@@H]3[C@H]4CNC[C@H](C)O)c2)C=C1CO. The molecule has 10 N–H and O–H groups in total. The molecule has 1 unspecified atom stereocenters. The van der Waals surface area contributed by atoms with Gasteiger partial charge >= 0.3 is 0 Å². The zero-order chi connectivity index (χ0) is 41.4. The molecule has 58 heavy (non-hydrogen) atoms. The van der Waals surface area contributed by atoms with Gasteiger partial charge in [0.1, 0.15) is 12.2 Å². The van der Waals surface area contributed by atoms with Crippen LogP contribution >= 0.6 is 0 Å². The summed E-state index contributed by atoms with van der Waals surface area (Å²) in [4.78, 5) is 8.88. The summed E-state index contributed by atoms with van der Waals surface area (Å²) in [5.41, 5.74) is 15.9. The van der Waals surface area contributed by atoms with Crippen LogP contribution < -0.4 is 26.8 Å². The van der Waals surface area contributed by atoms with Crippen LogP contribution in [0.1, 0.15) is 109 Å². The zero-order valence-corrected chi connectivity index (χ0v) is 35.5. The average Bonchev–Trinajstić information content (AvgIpc) is 3.95. The molecule has 2 saturated carbocycles. The number of guanidine groups is 1. The highest BCUT2D eigenvalue weighted by Gasteiger charge is 2.47. The molecule has 0 aromatic heterocycles. The van der Waals surface area contributed by atoms with Crippen molar-refractivity contribution in [3.63, 3.8) is 0 Å². The Labute approximate surface area is 348 Å². The minimum atomic E-state index is -0.933. The number of rotatable bonds is 25. The van der Waals surface area contributed by atoms with E-state index >= 15 is 0 Å². The largest absolute Gasteiger partial charge is 0.504 e. The van der Waals surface area contributed by atoms with Crippen molar-refractivity contribution < 1.29 is 29.9 Å². The lowest BCUT2D eigenvalue weighted by Gasteiger charge is -2.25. The number of aliphatic imine (C=N–C) groups is 2. The van der Waals surface area contributed by atoms with Crippen LogP contribution in [0.15, 0.2) is 51.5 Å². The lowest BCUT2D eigenvalue weighted by molar-refractivity contribution is 0.102. The van der Waals surface area contributed by atoms with Crippen LogP contribution in [0.25, 0.3) is 0 Å². The number of nitrogens with one attached hydrogen (secondary N) is 2. The second-order valence-electron chi connectivity index (χ2n) is 17.4. The van der Waals surface area contributed by atoms with Gasteiger partial charge in [0.05, 0.1) is 18.1 Å². The fourth-order valence-electron chi connectivity index (χ4n) is 9.52. The van der Waals surface area contributed by atoms with Gasteiger partial charge in [0, 0.05) is 45.8 Å². The molecule has 0 radical (unpaired) electrons. The van der Waals surface area contributed by atoms with Crippen molar-refractivity contribution in [2.45, 2.75) is 128 Å². The fraction of sp³-hybridized carbons (Fsp3) is 0.696. The van der Waals surface area contributed by atoms with Crippen LogP contribution in [-0.2, 0) is 11.2 Å². The second-order valence-corrected chi connectivity index (χ2v) is 17.4. The number of phenolic OH excluding ortho intramolecular Hbond substituents is 1. The highest BCUT2D eigenvalue weighted by molar-refractivity contribution is 6.04. The molecule has 0 amide bonds. The van der Waals surface area contributed by atoms with Crippen LogP contribution in [0.4, 0.5) is 0 Å². The molecule has 0 bridgehead atoms. The maximum Gasteiger partial charge on any atom is 0.189 e. The van der Waals surface area contributed by atoms with Gasteiger partial charge in [-0.25, -0.2) is 0 Å². The normalized spacial score (nSPS) is 24.1. The van der Waals surface area contributed by atoms with Gasteiger partial charge in [-0.3, -0.25) is 4.99 Å². The van der Waals surface area contributed by atoms with Gasteiger partial charge in [0.2, 0.25) is 0 Å². The van der Waals surface area contributed by atoms with Crippen molar-refractivity contribution in [3.05, 3.63) is 59.2 Å². The Morgan fingerprint density at radius 2 is 1.93 bits per heavy atom. The predicted octanol–water partition coefficient (Wildman–Crippen LogP) is 5.49. The zero-order valence-electron chi connectivity index (χ0n) is 35.5. The van der Waals surface area contributed by atoms with E-state index in [-0.39, 0.29) is 25.1 Å². The summed E-state index contributed by atoms with van der Waals surface area (Å²) in [5.74, 6) is 3.60. The Morgan fingerprint density at radius 3 is 2.71 bits per heavy atom. The number of ether oxygens (including phenoxy) is 2. The molecule has 12 heteroatoms. The Morgan fingerprint density at radius 1 is 1.10 bits per heavy atom. The summed E-state index contributed by atoms with van der Waals surface area (Å²) in [6, 6.07) is 5.96. The number of hydrogen-bond donors (Lipinski definition) is 8. The molecule has 5 rings (SSSR count). The maximum absolute atomic E-state index is 11.2. The number of nitrogens with zero attached hydrogens (tertiary/aromatic N) is 2. The van der Waals surface area contributed by atoms with Gasteiger partial charge < -0.3 is 52.0 Å². The van der Waals surface area contributed by atoms with Crippen molar-refractivity contribution in [2.75, 3.05) is 46.4 Å². The fourth-order valence-corrected chi connectivity index (χ4v) is 9.52. The molecule has 0 saturated heterocycles. The summed E-state index contributed by atoms with van der Waals surface area (Å²) in [6.45, 7) is 6.90. The van der Waals surface area contributed by atoms with Gasteiger partial charge in [-0.15, -0.1) is 4.99 Å². The maximum atomic E-state index is 11.2. The molecule has 324 valence electrons. The molecular formula is C46H74N6O6. The number of phenols is 1. The summed E-state index contributed by atoms with van der Waals surface area (Å²) in [5, 5.41) is 48.5. The third-order valence-electron chi connectivity index (χ3n) is 12.8. The number of aromatic hydroxyl groups is 1. The quantitative estimate of drug-likeness (QED) is 0.0271. The van der Waals surface area contributed by atoms with E-state index in [0.717, 1.165) is 87.4 Å². The van der Waals surface area contributed by atoms with Crippen LogP contribution in [0.5, 0.6) is 11.5 Å². The van der Waals surface area contributed by atoms with Gasteiger partial charge in [-0.2, -0.15) is 11.6 Å². The molecule has 2 aliphatic carbocycles. The van der Waals surface area contributed by atoms with E-state index < -0.39 is 12.2 Å². The molecule has 8 atom stereocenters. The first-order valence-electron chi connectivity index (χ1n) is 22.3. The first-order valence-corrected chi connectivity index (χ1v) is 22.3. The van der Waals surface area contributed by atoms with Gasteiger partial charge in [-0.1, -0.05) is 70.5 Å². The van der Waals surface area contributed by atoms with Crippen molar-refractivity contribution in [1.82, 2.24) is 10.6 Å². The van der Waals surface area contributed by atoms with Gasteiger partial charge in [-0.05, 0) is 93.4 Å². The number of aryl methyl sites for hydroxylation is 1. The molecule has 2 aliphatic heterocycles. The second kappa shape index (κ2) is 23.5. The molecule has 2 fully saturated rings. The molecule has 2 heterocycles. The van der Waals surface area contributed by atoms with Crippen LogP contribution in [0.3, 0.4) is 0 Å². The number of fused-ring (bicyclic) bond motifs is 2. The van der Waals surface area contributed by atoms with E-state index in [9.17, 15) is 20.4 Å². The third kappa shape index (κ3) is 13.6. The smallest absolute Gasteiger partial charge is 0.189 e. The minimum absolute atomic E-state index is 0.0187. The molecule has 4 aliphatic rings. The van der Waals surface area contributed by atoms with E-state index in [1.807, 2.05) is 18.2 Å². The Balaban J connectivity index is 1.05. The molecule has 1 aromatic carbocycles. The van der Waals surface area contributed by atoms with Crippen LogP contribution in [0.2, 0.25) is 0 Å². The summed E-state index contributed by atoms with van der Waals surface area (Å²) < 4.78 is 12.4. The lowest BCUT2D eigenvalue weighted by Crippen LogP contribution is -2.34. The topological polar surface area (TPSA) is 200 Å². The predicted molar refractivity (Wildman–Crippen MR) is 232 cm³/mol. The highest BCUT2D eigenvalue weighted by Crippen LogP contribution is 2.47. The number of unbranched alkanes of at least 4 members (excludes halogenated alkanes) is 1. The monoisotopic (exact) mass is 807 g/mol. The van der Waals surface area contributed by atoms with Crippen LogP contribution in [-0.4, -0.2) is 96.8 Å². The van der Waals surface area contributed by atoms with E-state index in [1.165, 1.54) is 37.7 Å². The standard InChI is InChI=1S/C46H74N6O6/c1-30(25-51-46(48)49-3)8-6-10-32(20-21-47)9-4-5-13-44-35(28-53)23-36(58-44)17-14-33-15-19-42(55)45(22-33)57-29-43(56)41-24-38-39(27-50-26-31(2)54)37-12-7-11-34(37)16-18-40(38)52-41/h15,19,22-24,30-32,34,37,39,43-44,50,53-56H,4-14,16-18,20-21,25-29,47H2,1-3H3,(H3,48,49,51)/t30-,31+,32-,34-,37+,39-,43+,44?/m1/s1. The molecule has 0 spiro atoms. The summed E-state index contributed by atoms with van der Waals surface area (Å²) in [6.07, 6.45) is 19.3. The van der Waals surface area contributed by atoms with Crippen molar-refractivity contribution in [2.24, 2.45) is 51.0 Å². The molecular weight excluding hydrogens is 733 g/mol. The lowest BCUT2D eigenvalue weighted by atomic mass is 9.80. The molecule has 12 nitrogen and oxygen atoms in total. The summed E-state index contributed by atoms with van der Waals surface area (Å²) in [7, 11) is 1.69. The number of aliphatic hydroxyl groups excluding tert-OH is 3. The summed E-state index contributed by atoms with van der Waals surface area (Å²) >= 11 is 0. The van der Waals surface area contributed by atoms with E-state index in [0.29, 0.717) is 73.3 Å². The Hall–Kier alpha value is -3.26. The number of hydrogen-bond acceptors (Lipinski definition) is 10. The average molecular weight is 807 g/mol. The first kappa shape index (κ1) is 45.8. The number of benzene rings is 1. The van der Waals surface area contributed by atoms with Crippen molar-refractivity contribution in [3.8, 4) is 11.5 Å². The van der Waals surface area contributed by atoms with Crippen LogP contribution in [0, 0.1) is 41.7 Å². The molecule has 1 aromatic rings. The first-order chi connectivity index (χ1) is 28.1. The third-order valence-corrected chi connectivity index (χ3v) is 12.8. The van der Waals surface area contributed by atoms with Crippen molar-refractivity contribution >= 4 is 11.7 Å². The Kier molecular flexibility index (Phi) is 18.6. The van der Waals surface area contributed by atoms with E-state index in [2.05, 4.69) is 28.6 Å². The van der Waals surface area contributed by atoms with E-state index in [4.69, 9.17) is 25.9 Å². The highest BCUT2D eigenvalue weighted by atomic mass is 16.5. The minimum Gasteiger partial charge on any atom is -0.504 e. The van der Waals surface area contributed by atoms with Gasteiger partial charge in [0.25, 0.3) is 0 Å². The number of nitrogens with two attached hydrogens (primary N) is 2. The Bertz CT molecular complexity index is 1530. The van der Waals surface area contributed by atoms with Crippen molar-refractivity contribution in [1.29, 1.82) is 0 Å². The van der Waals surface area contributed by atoms with E-state index in [1.54, 1.807) is 20.0 Å². The number of aliphatic hydroxyl groups is 3. The van der Waals surface area contributed by atoms with Gasteiger partial charge in [0.15, 0.2) is 35.3 Å².